The molecular formula is C17H28N4O. The van der Waals surface area contributed by atoms with E-state index >= 15 is 0 Å². The van der Waals surface area contributed by atoms with Gasteiger partial charge in [0.25, 0.3) is 0 Å². The zero-order valence-corrected chi connectivity index (χ0v) is 14.3. The standard InChI is InChI=1S/C17H28N4O/c1-13-11-18-16(19-15(13)20(2)3)21-10-6-9-17(12-21)8-5-7-14(17)22-4/h11,14H,5-10,12H2,1-4H3/t14-,17+/m1/s1. The maximum absolute atomic E-state index is 5.79. The Balaban J connectivity index is 1.85. The Morgan fingerprint density at radius 2 is 2.09 bits per heavy atom. The molecule has 1 aromatic heterocycles. The van der Waals surface area contributed by atoms with Gasteiger partial charge in [0.1, 0.15) is 5.82 Å². The first-order valence-corrected chi connectivity index (χ1v) is 8.34. The van der Waals surface area contributed by atoms with Crippen LogP contribution in [-0.2, 0) is 4.74 Å². The van der Waals surface area contributed by atoms with E-state index in [2.05, 4.69) is 21.7 Å². The minimum atomic E-state index is 0.305. The zero-order valence-electron chi connectivity index (χ0n) is 14.3. The quantitative estimate of drug-likeness (QED) is 0.858. The summed E-state index contributed by atoms with van der Waals surface area (Å²) in [5.74, 6) is 1.88. The topological polar surface area (TPSA) is 41.5 Å². The molecule has 3 rings (SSSR count). The molecule has 5 heteroatoms. The molecule has 1 spiro atoms. The second kappa shape index (κ2) is 6.03. The molecule has 1 aromatic rings. The number of aromatic nitrogens is 2. The van der Waals surface area contributed by atoms with E-state index < -0.39 is 0 Å². The van der Waals surface area contributed by atoms with Gasteiger partial charge in [0, 0.05) is 51.5 Å². The molecule has 5 nitrogen and oxygen atoms in total. The van der Waals surface area contributed by atoms with Crippen molar-refractivity contribution in [2.24, 2.45) is 5.41 Å². The van der Waals surface area contributed by atoms with E-state index in [0.717, 1.165) is 30.4 Å². The first-order chi connectivity index (χ1) is 10.6. The Labute approximate surface area is 133 Å². The van der Waals surface area contributed by atoms with Crippen molar-refractivity contribution in [3.05, 3.63) is 11.8 Å². The molecule has 2 atom stereocenters. The first-order valence-electron chi connectivity index (χ1n) is 8.34. The van der Waals surface area contributed by atoms with Gasteiger partial charge in [0.05, 0.1) is 6.10 Å². The second-order valence-corrected chi connectivity index (χ2v) is 7.08. The molecule has 1 saturated carbocycles. The fourth-order valence-electron chi connectivity index (χ4n) is 4.30. The van der Waals surface area contributed by atoms with Gasteiger partial charge in [0.15, 0.2) is 0 Å². The van der Waals surface area contributed by atoms with Crippen LogP contribution in [0.25, 0.3) is 0 Å². The Bertz CT molecular complexity index is 533. The normalized spacial score (nSPS) is 28.4. The fraction of sp³-hybridized carbons (Fsp3) is 0.765. The van der Waals surface area contributed by atoms with E-state index in [1.807, 2.05) is 27.4 Å². The molecule has 0 N–H and O–H groups in total. The largest absolute Gasteiger partial charge is 0.381 e. The number of nitrogens with zero attached hydrogens (tertiary/aromatic N) is 4. The molecule has 2 heterocycles. The first kappa shape index (κ1) is 15.5. The Kier molecular flexibility index (Phi) is 4.26. The highest BCUT2D eigenvalue weighted by atomic mass is 16.5. The predicted octanol–water partition coefficient (Wildman–Crippen LogP) is 2.64. The summed E-state index contributed by atoms with van der Waals surface area (Å²) in [5.41, 5.74) is 1.43. The molecule has 0 amide bonds. The van der Waals surface area contributed by atoms with E-state index in [1.54, 1.807) is 0 Å². The van der Waals surface area contributed by atoms with Gasteiger partial charge in [-0.05, 0) is 32.6 Å². The maximum atomic E-state index is 5.79. The molecule has 122 valence electrons. The minimum Gasteiger partial charge on any atom is -0.381 e. The Morgan fingerprint density at radius 3 is 2.82 bits per heavy atom. The third-order valence-electron chi connectivity index (χ3n) is 5.36. The van der Waals surface area contributed by atoms with Gasteiger partial charge < -0.3 is 14.5 Å². The highest BCUT2D eigenvalue weighted by molar-refractivity contribution is 5.48. The summed E-state index contributed by atoms with van der Waals surface area (Å²) < 4.78 is 5.79. The van der Waals surface area contributed by atoms with Crippen LogP contribution in [0.4, 0.5) is 11.8 Å². The molecule has 2 fully saturated rings. The number of ether oxygens (including phenoxy) is 1. The van der Waals surface area contributed by atoms with Crippen LogP contribution in [0.3, 0.4) is 0 Å². The third kappa shape index (κ3) is 2.67. The van der Waals surface area contributed by atoms with E-state index in [0.29, 0.717) is 11.5 Å². The predicted molar refractivity (Wildman–Crippen MR) is 89.6 cm³/mol. The summed E-state index contributed by atoms with van der Waals surface area (Å²) in [4.78, 5) is 13.8. The van der Waals surface area contributed by atoms with E-state index in [-0.39, 0.29) is 0 Å². The molecule has 0 radical (unpaired) electrons. The molecule has 22 heavy (non-hydrogen) atoms. The lowest BCUT2D eigenvalue weighted by molar-refractivity contribution is 0.00204. The summed E-state index contributed by atoms with van der Waals surface area (Å²) in [5, 5.41) is 0. The molecule has 1 aliphatic heterocycles. The summed E-state index contributed by atoms with van der Waals surface area (Å²) >= 11 is 0. The molecular weight excluding hydrogens is 276 g/mol. The fourth-order valence-corrected chi connectivity index (χ4v) is 4.30. The monoisotopic (exact) mass is 304 g/mol. The van der Waals surface area contributed by atoms with Gasteiger partial charge in [-0.15, -0.1) is 0 Å². The van der Waals surface area contributed by atoms with Crippen molar-refractivity contribution in [3.8, 4) is 0 Å². The summed E-state index contributed by atoms with van der Waals surface area (Å²) in [6, 6.07) is 0. The van der Waals surface area contributed by atoms with E-state index in [9.17, 15) is 0 Å². The van der Waals surface area contributed by atoms with E-state index in [1.165, 1.54) is 32.1 Å². The van der Waals surface area contributed by atoms with Crippen molar-refractivity contribution in [1.29, 1.82) is 0 Å². The van der Waals surface area contributed by atoms with Gasteiger partial charge in [-0.25, -0.2) is 4.98 Å². The van der Waals surface area contributed by atoms with Crippen LogP contribution >= 0.6 is 0 Å². The van der Waals surface area contributed by atoms with E-state index in [4.69, 9.17) is 9.72 Å². The maximum Gasteiger partial charge on any atom is 0.227 e. The average molecular weight is 304 g/mol. The van der Waals surface area contributed by atoms with Crippen LogP contribution in [0.5, 0.6) is 0 Å². The SMILES string of the molecule is CO[C@@H]1CCC[C@@]12CCCN(c1ncc(C)c(N(C)C)n1)C2. The number of hydrogen-bond acceptors (Lipinski definition) is 5. The lowest BCUT2D eigenvalue weighted by Crippen LogP contribution is -2.48. The van der Waals surface area contributed by atoms with Crippen LogP contribution < -0.4 is 9.80 Å². The summed E-state index contributed by atoms with van der Waals surface area (Å²) in [6.45, 7) is 4.14. The van der Waals surface area contributed by atoms with Crippen LogP contribution in [0.1, 0.15) is 37.7 Å². The average Bonchev–Trinajstić information content (AvgIpc) is 2.89. The molecule has 0 unspecified atom stereocenters. The van der Waals surface area contributed by atoms with Crippen molar-refractivity contribution in [2.75, 3.05) is 44.1 Å². The van der Waals surface area contributed by atoms with Crippen molar-refractivity contribution >= 4 is 11.8 Å². The van der Waals surface area contributed by atoms with Gasteiger partial charge in [0.2, 0.25) is 5.95 Å². The number of aryl methyl sites for hydroxylation is 1. The van der Waals surface area contributed by atoms with Crippen molar-refractivity contribution in [2.45, 2.75) is 45.1 Å². The number of piperidine rings is 1. The third-order valence-corrected chi connectivity index (χ3v) is 5.36. The molecule has 1 saturated heterocycles. The van der Waals surface area contributed by atoms with Gasteiger partial charge in [-0.2, -0.15) is 4.98 Å². The lowest BCUT2D eigenvalue weighted by atomic mass is 9.76. The van der Waals surface area contributed by atoms with Crippen molar-refractivity contribution < 1.29 is 4.74 Å². The summed E-state index contributed by atoms with van der Waals surface area (Å²) in [6.07, 6.45) is 8.57. The van der Waals surface area contributed by atoms with Crippen LogP contribution in [0.2, 0.25) is 0 Å². The van der Waals surface area contributed by atoms with Crippen molar-refractivity contribution in [3.63, 3.8) is 0 Å². The molecule has 0 bridgehead atoms. The van der Waals surface area contributed by atoms with Crippen LogP contribution in [0.15, 0.2) is 6.20 Å². The summed E-state index contributed by atoms with van der Waals surface area (Å²) in [7, 11) is 5.94. The van der Waals surface area contributed by atoms with Gasteiger partial charge in [-0.1, -0.05) is 6.42 Å². The lowest BCUT2D eigenvalue weighted by Gasteiger charge is -2.43. The number of methoxy groups -OCH3 is 1. The number of hydrogen-bond donors (Lipinski definition) is 0. The van der Waals surface area contributed by atoms with Crippen LogP contribution in [-0.4, -0.2) is 50.4 Å². The van der Waals surface area contributed by atoms with Gasteiger partial charge >= 0.3 is 0 Å². The molecule has 2 aliphatic rings. The highest BCUT2D eigenvalue weighted by Crippen LogP contribution is 2.46. The van der Waals surface area contributed by atoms with Crippen LogP contribution in [0, 0.1) is 12.3 Å². The number of rotatable bonds is 3. The van der Waals surface area contributed by atoms with Crippen molar-refractivity contribution in [1.82, 2.24) is 9.97 Å². The molecule has 1 aliphatic carbocycles. The Morgan fingerprint density at radius 1 is 1.32 bits per heavy atom. The second-order valence-electron chi connectivity index (χ2n) is 7.08. The molecule has 0 aromatic carbocycles. The Hall–Kier alpha value is -1.36. The highest BCUT2D eigenvalue weighted by Gasteiger charge is 2.46. The number of anilines is 2. The minimum absolute atomic E-state index is 0.305. The van der Waals surface area contributed by atoms with Gasteiger partial charge in [-0.3, -0.25) is 0 Å². The smallest absolute Gasteiger partial charge is 0.227 e. The zero-order chi connectivity index (χ0) is 15.7.